The first-order chi connectivity index (χ1) is 20.2. The molecule has 5 N–H and O–H groups in total. The van der Waals surface area contributed by atoms with Crippen molar-refractivity contribution < 1.29 is 161 Å². The summed E-state index contributed by atoms with van der Waals surface area (Å²) in [4.78, 5) is 13.7. The maximum absolute atomic E-state index is 12.6. The van der Waals surface area contributed by atoms with Crippen molar-refractivity contribution in [1.29, 1.82) is 0 Å². The number of benzene rings is 2. The number of rotatable bonds is 12. The number of sulfonamides is 1. The summed E-state index contributed by atoms with van der Waals surface area (Å²) >= 11 is 0. The standard InChI is InChI=1S/C29H36N6O6S.3Ac/c1-18(2)16-42(39,40)32-14-23-33-27(30-13-21(19-9-5-3-6-10-19)20-11-7-4-8-12-20)24-28(34-23)35(17-31-24)29-26(38)25(37)22(15-36)41-29;;;/h3-12,17-18,21-22,25-26,29,32,36-38H,13-16H2,1-2H3,(H,30,33,34);;;/t22-,25?,26?,29?;;;/m1.../s1. The van der Waals surface area contributed by atoms with E-state index in [0.717, 1.165) is 11.1 Å². The number of aliphatic hydroxyl groups excluding tert-OH is 3. The Morgan fingerprint density at radius 2 is 1.53 bits per heavy atom. The molecule has 1 saturated heterocycles. The van der Waals surface area contributed by atoms with Gasteiger partial charge < -0.3 is 25.4 Å². The van der Waals surface area contributed by atoms with Gasteiger partial charge in [0.05, 0.1) is 25.2 Å². The van der Waals surface area contributed by atoms with Crippen LogP contribution in [-0.4, -0.2) is 80.5 Å². The maximum Gasteiger partial charge on any atom is 0.212 e. The average molecular weight is 1280 g/mol. The van der Waals surface area contributed by atoms with Gasteiger partial charge in [-0.05, 0) is 17.0 Å². The molecule has 2 aromatic carbocycles. The maximum atomic E-state index is 12.6. The molecule has 1 fully saturated rings. The van der Waals surface area contributed by atoms with Crippen molar-refractivity contribution in [3.05, 3.63) is 83.9 Å². The summed E-state index contributed by atoms with van der Waals surface area (Å²) in [5.41, 5.74) is 2.85. The van der Waals surface area contributed by atoms with Crippen LogP contribution in [0.4, 0.5) is 5.82 Å². The Labute approximate surface area is 370 Å². The first-order valence-corrected chi connectivity index (χ1v) is 15.5. The molecule has 4 atom stereocenters. The molecule has 1 aliphatic heterocycles. The fourth-order valence-corrected chi connectivity index (χ4v) is 6.47. The number of aromatic nitrogens is 4. The first kappa shape index (κ1) is 42.0. The second kappa shape index (κ2) is 19.3. The molecule has 4 aromatic rings. The predicted molar refractivity (Wildman–Crippen MR) is 157 cm³/mol. The van der Waals surface area contributed by atoms with Crippen LogP contribution >= 0.6 is 0 Å². The predicted octanol–water partition coefficient (Wildman–Crippen LogP) is 1.76. The molecule has 3 radical (unpaired) electrons. The molecule has 2 aromatic heterocycles. The largest absolute Gasteiger partial charge is 0.394 e. The van der Waals surface area contributed by atoms with Gasteiger partial charge in [-0.3, -0.25) is 4.57 Å². The van der Waals surface area contributed by atoms with E-state index in [9.17, 15) is 23.7 Å². The van der Waals surface area contributed by atoms with Crippen LogP contribution in [0.2, 0.25) is 0 Å². The molecule has 3 unspecified atom stereocenters. The van der Waals surface area contributed by atoms with E-state index in [1.165, 1.54) is 10.9 Å². The molecule has 45 heavy (non-hydrogen) atoms. The summed E-state index contributed by atoms with van der Waals surface area (Å²) in [5, 5.41) is 34.0. The molecule has 5 rings (SSSR count). The number of hydrogen-bond acceptors (Lipinski definition) is 10. The van der Waals surface area contributed by atoms with Crippen molar-refractivity contribution in [1.82, 2.24) is 24.2 Å². The Morgan fingerprint density at radius 3 is 2.07 bits per heavy atom. The topological polar surface area (TPSA) is 172 Å². The fourth-order valence-electron chi connectivity index (χ4n) is 5.13. The summed E-state index contributed by atoms with van der Waals surface area (Å²) < 4.78 is 34.9. The van der Waals surface area contributed by atoms with Crippen LogP contribution in [0.15, 0.2) is 67.0 Å². The molecule has 233 valence electrons. The van der Waals surface area contributed by atoms with Gasteiger partial charge in [0.15, 0.2) is 23.2 Å². The molecule has 12 nitrogen and oxygen atoms in total. The van der Waals surface area contributed by atoms with Crippen molar-refractivity contribution in [3.63, 3.8) is 0 Å². The fraction of sp³-hybridized carbons (Fsp3) is 0.414. The van der Waals surface area contributed by atoms with E-state index in [2.05, 4.69) is 49.3 Å². The van der Waals surface area contributed by atoms with E-state index in [0.29, 0.717) is 17.9 Å². The smallest absolute Gasteiger partial charge is 0.212 e. The summed E-state index contributed by atoms with van der Waals surface area (Å²) in [5.74, 6) is 0.413. The number of hydrogen-bond donors (Lipinski definition) is 5. The molecule has 0 spiro atoms. The van der Waals surface area contributed by atoms with Crippen LogP contribution in [0.5, 0.6) is 0 Å². The zero-order valence-corrected chi connectivity index (χ0v) is 40.2. The van der Waals surface area contributed by atoms with Gasteiger partial charge >= 0.3 is 0 Å². The average Bonchev–Trinajstić information content (AvgIpc) is 3.52. The Morgan fingerprint density at radius 1 is 0.933 bits per heavy atom. The minimum absolute atomic E-state index is 0. The Balaban J connectivity index is 0.00000235. The molecule has 0 saturated carbocycles. The minimum atomic E-state index is -3.58. The third-order valence-electron chi connectivity index (χ3n) is 7.14. The number of nitrogens with zero attached hydrogens (tertiary/aromatic N) is 4. The second-order valence-corrected chi connectivity index (χ2v) is 12.6. The molecule has 0 bridgehead atoms. The Kier molecular flexibility index (Phi) is 18.0. The van der Waals surface area contributed by atoms with Crippen LogP contribution in [0.3, 0.4) is 0 Å². The monoisotopic (exact) mass is 1280 g/mol. The van der Waals surface area contributed by atoms with Crippen LogP contribution < -0.4 is 10.0 Å². The summed E-state index contributed by atoms with van der Waals surface area (Å²) in [6.45, 7) is 3.44. The number of anilines is 1. The Bertz CT molecular complexity index is 1560. The first-order valence-electron chi connectivity index (χ1n) is 13.8. The number of fused-ring (bicyclic) bond motifs is 1. The van der Waals surface area contributed by atoms with Gasteiger partial charge in [0, 0.05) is 145 Å². The molecule has 1 aliphatic rings. The molecule has 0 amide bonds. The number of ether oxygens (including phenoxy) is 1. The summed E-state index contributed by atoms with van der Waals surface area (Å²) in [6.07, 6.45) is -3.29. The molecule has 0 aliphatic carbocycles. The number of nitrogens with one attached hydrogen (secondary N) is 2. The van der Waals surface area contributed by atoms with E-state index in [1.807, 2.05) is 50.2 Å². The minimum Gasteiger partial charge on any atom is -0.394 e. The van der Waals surface area contributed by atoms with Gasteiger partial charge in [-0.2, -0.15) is 0 Å². The molecular formula is C29H36Ac3N6O6S. The third-order valence-corrected chi connectivity index (χ3v) is 8.83. The molecule has 16 heteroatoms. The van der Waals surface area contributed by atoms with Crippen molar-refractivity contribution in [2.24, 2.45) is 5.92 Å². The van der Waals surface area contributed by atoms with Crippen LogP contribution in [0, 0.1) is 138 Å². The normalized spacial score (nSPS) is 19.6. The summed E-state index contributed by atoms with van der Waals surface area (Å²) in [7, 11) is -3.58. The summed E-state index contributed by atoms with van der Waals surface area (Å²) in [6, 6.07) is 20.1. The zero-order chi connectivity index (χ0) is 29.9. The quantitative estimate of drug-likeness (QED) is 0.141. The van der Waals surface area contributed by atoms with Crippen LogP contribution in [0.1, 0.15) is 42.9 Å². The Hall–Kier alpha value is 0.865. The van der Waals surface area contributed by atoms with Gasteiger partial charge in [0.25, 0.3) is 0 Å². The number of aliphatic hydroxyl groups is 3. The SMILES string of the molecule is CC(C)CS(=O)(=O)NCc1nc(NCC(c2ccccc2)c2ccccc2)c2ncn(C3O[C@H](CO)C(O)C3O)c2n1.[Ac].[Ac].[Ac]. The van der Waals surface area contributed by atoms with Gasteiger partial charge in [-0.1, -0.05) is 74.5 Å². The van der Waals surface area contributed by atoms with Gasteiger partial charge in [0.1, 0.15) is 24.1 Å². The van der Waals surface area contributed by atoms with Crippen molar-refractivity contribution in [3.8, 4) is 0 Å². The number of imidazole rings is 1. The third kappa shape index (κ3) is 10.7. The van der Waals surface area contributed by atoms with Crippen LogP contribution in [0.25, 0.3) is 11.2 Å². The van der Waals surface area contributed by atoms with E-state index in [4.69, 9.17) is 4.74 Å². The van der Waals surface area contributed by atoms with Gasteiger partial charge in [0.2, 0.25) is 10.0 Å². The van der Waals surface area contributed by atoms with E-state index < -0.39 is 41.2 Å². The van der Waals surface area contributed by atoms with Crippen molar-refractivity contribution in [2.45, 2.75) is 50.8 Å². The van der Waals surface area contributed by atoms with Crippen molar-refractivity contribution >= 4 is 27.0 Å². The zero-order valence-electron chi connectivity index (χ0n) is 25.1. The van der Waals surface area contributed by atoms with Crippen molar-refractivity contribution in [2.75, 3.05) is 24.2 Å². The van der Waals surface area contributed by atoms with E-state index in [1.54, 1.807) is 0 Å². The molecular weight excluding hydrogens is 1240 g/mol. The molecule has 3 heterocycles. The second-order valence-electron chi connectivity index (χ2n) is 10.8. The van der Waals surface area contributed by atoms with E-state index in [-0.39, 0.29) is 168 Å². The van der Waals surface area contributed by atoms with Gasteiger partial charge in [-0.15, -0.1) is 0 Å². The van der Waals surface area contributed by atoms with Crippen LogP contribution in [-0.2, 0) is 21.3 Å². The van der Waals surface area contributed by atoms with E-state index >= 15 is 0 Å². The van der Waals surface area contributed by atoms with Gasteiger partial charge in [-0.25, -0.2) is 28.1 Å².